The number of hydrogen-bond donors (Lipinski definition) is 2. The second kappa shape index (κ2) is 9.53. The highest BCUT2D eigenvalue weighted by Crippen LogP contribution is 2.30. The number of halogens is 3. The van der Waals surface area contributed by atoms with E-state index in [4.69, 9.17) is 9.47 Å². The van der Waals surface area contributed by atoms with Crippen LogP contribution < -0.4 is 10.1 Å². The van der Waals surface area contributed by atoms with E-state index in [1.165, 1.54) is 35.0 Å². The molecule has 1 aromatic carbocycles. The van der Waals surface area contributed by atoms with Gasteiger partial charge in [0, 0.05) is 19.2 Å². The summed E-state index contributed by atoms with van der Waals surface area (Å²) in [5.74, 6) is -0.317. The molecule has 2 atom stereocenters. The van der Waals surface area contributed by atoms with Crippen molar-refractivity contribution >= 4 is 12.0 Å². The van der Waals surface area contributed by atoms with Crippen LogP contribution in [0.25, 0.3) is 5.69 Å². The summed E-state index contributed by atoms with van der Waals surface area (Å²) in [4.78, 5) is 26.4. The fourth-order valence-electron chi connectivity index (χ4n) is 3.51. The summed E-state index contributed by atoms with van der Waals surface area (Å²) in [5.41, 5.74) is -0.695. The van der Waals surface area contributed by atoms with Gasteiger partial charge in [-0.15, -0.1) is 5.10 Å². The van der Waals surface area contributed by atoms with Crippen LogP contribution in [0, 0.1) is 0 Å². The third kappa shape index (κ3) is 5.99. The van der Waals surface area contributed by atoms with Gasteiger partial charge in [0.05, 0.1) is 36.6 Å². The number of alkyl halides is 3. The van der Waals surface area contributed by atoms with Gasteiger partial charge in [-0.25, -0.2) is 9.48 Å². The molecule has 1 aliphatic rings. The molecule has 0 aliphatic carbocycles. The lowest BCUT2D eigenvalue weighted by atomic mass is 10.2. The number of ether oxygens (including phenoxy) is 2. The van der Waals surface area contributed by atoms with Crippen LogP contribution in [0.2, 0.25) is 0 Å². The molecule has 1 aromatic heterocycles. The zero-order valence-electron chi connectivity index (χ0n) is 19.2. The number of carbonyl (C=O) groups is 2. The molecule has 1 aliphatic heterocycles. The van der Waals surface area contributed by atoms with Crippen LogP contribution in [-0.4, -0.2) is 63.2 Å². The van der Waals surface area contributed by atoms with E-state index in [9.17, 15) is 27.9 Å². The zero-order chi connectivity index (χ0) is 25.3. The van der Waals surface area contributed by atoms with E-state index in [-0.39, 0.29) is 25.4 Å². The lowest BCUT2D eigenvalue weighted by Gasteiger charge is -2.27. The van der Waals surface area contributed by atoms with E-state index < -0.39 is 41.5 Å². The maximum atomic E-state index is 12.8. The number of aliphatic hydroxyl groups excluding tert-OH is 1. The Balaban J connectivity index is 1.70. The number of aromatic nitrogens is 2. The summed E-state index contributed by atoms with van der Waals surface area (Å²) in [6, 6.07) is 3.52. The first-order chi connectivity index (χ1) is 15.8. The van der Waals surface area contributed by atoms with Gasteiger partial charge < -0.3 is 19.9 Å². The third-order valence-electron chi connectivity index (χ3n) is 5.07. The molecule has 34 heavy (non-hydrogen) atoms. The van der Waals surface area contributed by atoms with Crippen molar-refractivity contribution in [3.05, 3.63) is 41.6 Å². The van der Waals surface area contributed by atoms with Crippen LogP contribution in [0.3, 0.4) is 0 Å². The van der Waals surface area contributed by atoms with E-state index in [0.29, 0.717) is 11.3 Å². The Hall–Kier alpha value is -3.28. The topological polar surface area (TPSA) is 106 Å². The molecule has 3 rings (SSSR count). The number of rotatable bonds is 5. The lowest BCUT2D eigenvalue weighted by Crippen LogP contribution is -2.47. The standard InChI is InChI=1S/C22H27F3N4O5/c1-21(2,3)34-20(32)28-12-16(30)9-17(28)18(31)26-10-13-11-29(27-19(13)33-4)15-7-5-14(6-8-15)22(23,24)25/h5-8,11,16-17,30H,9-10,12H2,1-4H3,(H,26,31). The Morgan fingerprint density at radius 3 is 2.41 bits per heavy atom. The predicted molar refractivity (Wildman–Crippen MR) is 114 cm³/mol. The molecule has 9 nitrogen and oxygen atoms in total. The van der Waals surface area contributed by atoms with Crippen molar-refractivity contribution in [2.45, 2.75) is 57.7 Å². The average molecular weight is 484 g/mol. The number of aliphatic hydroxyl groups is 1. The molecule has 2 heterocycles. The van der Waals surface area contributed by atoms with Crippen molar-refractivity contribution in [1.29, 1.82) is 0 Å². The Morgan fingerprint density at radius 2 is 1.85 bits per heavy atom. The van der Waals surface area contributed by atoms with Crippen molar-refractivity contribution in [2.75, 3.05) is 13.7 Å². The fraction of sp³-hybridized carbons (Fsp3) is 0.500. The second-order valence-electron chi connectivity index (χ2n) is 8.91. The third-order valence-corrected chi connectivity index (χ3v) is 5.07. The number of hydrogen-bond acceptors (Lipinski definition) is 6. The largest absolute Gasteiger partial charge is 0.480 e. The molecule has 2 amide bonds. The summed E-state index contributed by atoms with van der Waals surface area (Å²) >= 11 is 0. The van der Waals surface area contributed by atoms with Gasteiger partial charge in [-0.3, -0.25) is 9.69 Å². The number of carbonyl (C=O) groups excluding carboxylic acids is 2. The van der Waals surface area contributed by atoms with Gasteiger partial charge in [0.25, 0.3) is 0 Å². The molecular weight excluding hydrogens is 457 g/mol. The second-order valence-corrected chi connectivity index (χ2v) is 8.91. The van der Waals surface area contributed by atoms with E-state index in [0.717, 1.165) is 12.1 Å². The Labute approximate surface area is 194 Å². The van der Waals surface area contributed by atoms with Crippen LogP contribution in [0.5, 0.6) is 5.88 Å². The van der Waals surface area contributed by atoms with Crippen LogP contribution >= 0.6 is 0 Å². The first kappa shape index (κ1) is 25.3. The molecule has 2 N–H and O–H groups in total. The molecule has 12 heteroatoms. The van der Waals surface area contributed by atoms with Crippen molar-refractivity contribution in [1.82, 2.24) is 20.0 Å². The Morgan fingerprint density at radius 1 is 1.21 bits per heavy atom. The minimum atomic E-state index is -4.45. The van der Waals surface area contributed by atoms with Crippen molar-refractivity contribution in [2.24, 2.45) is 0 Å². The highest BCUT2D eigenvalue weighted by Gasteiger charge is 2.41. The molecule has 0 bridgehead atoms. The van der Waals surface area contributed by atoms with Gasteiger partial charge in [-0.05, 0) is 45.0 Å². The molecule has 0 radical (unpaired) electrons. The average Bonchev–Trinajstić information content (AvgIpc) is 3.33. The van der Waals surface area contributed by atoms with E-state index >= 15 is 0 Å². The van der Waals surface area contributed by atoms with Gasteiger partial charge in [-0.2, -0.15) is 13.2 Å². The fourth-order valence-corrected chi connectivity index (χ4v) is 3.51. The summed E-state index contributed by atoms with van der Waals surface area (Å²) in [5, 5.41) is 16.9. The highest BCUT2D eigenvalue weighted by molar-refractivity contribution is 5.86. The first-order valence-corrected chi connectivity index (χ1v) is 10.5. The van der Waals surface area contributed by atoms with E-state index in [1.807, 2.05) is 0 Å². The number of nitrogens with one attached hydrogen (secondary N) is 1. The van der Waals surface area contributed by atoms with Gasteiger partial charge in [0.15, 0.2) is 0 Å². The molecule has 0 spiro atoms. The minimum Gasteiger partial charge on any atom is -0.480 e. The van der Waals surface area contributed by atoms with E-state index in [2.05, 4.69) is 10.4 Å². The number of amides is 2. The van der Waals surface area contributed by atoms with Crippen LogP contribution in [0.15, 0.2) is 30.5 Å². The molecule has 0 saturated carbocycles. The maximum absolute atomic E-state index is 12.8. The number of nitrogens with zero attached hydrogens (tertiary/aromatic N) is 3. The Bertz CT molecular complexity index is 1030. The molecule has 2 unspecified atom stereocenters. The summed E-state index contributed by atoms with van der Waals surface area (Å²) in [6.07, 6.45) is -4.42. The number of methoxy groups -OCH3 is 1. The van der Waals surface area contributed by atoms with Crippen LogP contribution in [-0.2, 0) is 22.3 Å². The SMILES string of the molecule is COc1nn(-c2ccc(C(F)(F)F)cc2)cc1CNC(=O)C1CC(O)CN1C(=O)OC(C)(C)C. The van der Waals surface area contributed by atoms with Crippen molar-refractivity contribution in [3.8, 4) is 11.6 Å². The molecule has 2 aromatic rings. The summed E-state index contributed by atoms with van der Waals surface area (Å²) < 4.78 is 50.3. The van der Waals surface area contributed by atoms with Crippen LogP contribution in [0.4, 0.5) is 18.0 Å². The number of benzene rings is 1. The molecule has 1 fully saturated rings. The summed E-state index contributed by atoms with van der Waals surface area (Å²) in [7, 11) is 1.38. The lowest BCUT2D eigenvalue weighted by molar-refractivity contribution is -0.137. The predicted octanol–water partition coefficient (Wildman–Crippen LogP) is 2.89. The van der Waals surface area contributed by atoms with Crippen LogP contribution in [0.1, 0.15) is 38.3 Å². The van der Waals surface area contributed by atoms with Gasteiger partial charge >= 0.3 is 12.3 Å². The highest BCUT2D eigenvalue weighted by atomic mass is 19.4. The molecule has 1 saturated heterocycles. The Kier molecular flexibility index (Phi) is 7.10. The van der Waals surface area contributed by atoms with Gasteiger partial charge in [0.1, 0.15) is 11.6 Å². The van der Waals surface area contributed by atoms with Crippen molar-refractivity contribution in [3.63, 3.8) is 0 Å². The normalized spacial score (nSPS) is 18.6. The minimum absolute atomic E-state index is 0.0165. The van der Waals surface area contributed by atoms with Gasteiger partial charge in [-0.1, -0.05) is 0 Å². The summed E-state index contributed by atoms with van der Waals surface area (Å²) in [6.45, 7) is 5.06. The maximum Gasteiger partial charge on any atom is 0.416 e. The number of β-amino-alcohol motifs (C(OH)–C–C–N with tert-alkyl or cyclic N) is 1. The number of likely N-dealkylation sites (tertiary alicyclic amines) is 1. The first-order valence-electron chi connectivity index (χ1n) is 10.5. The quantitative estimate of drug-likeness (QED) is 0.676. The van der Waals surface area contributed by atoms with Gasteiger partial charge in [0.2, 0.25) is 11.8 Å². The molecular formula is C22H27F3N4O5. The zero-order valence-corrected chi connectivity index (χ0v) is 19.2. The monoisotopic (exact) mass is 484 g/mol. The van der Waals surface area contributed by atoms with Crippen molar-refractivity contribution < 1.29 is 37.3 Å². The molecule has 186 valence electrons. The smallest absolute Gasteiger partial charge is 0.416 e. The van der Waals surface area contributed by atoms with E-state index in [1.54, 1.807) is 20.8 Å².